The number of Topliss-reactive ketones (excluding diaryl/α,β-unsaturated/α-hetero) is 1. The number of allylic oxidation sites excluding steroid dienone is 5. The molecule has 0 aromatic rings. The SMILES string of the molecule is C=C(C)[C@H]1CC=C(C)C(=O)[C@@H]1[C@@H]1CCC(O[Si](C)(C)C)=C1C. The number of carbonyl (C=O) groups excluding carboxylic acids is 1. The van der Waals surface area contributed by atoms with Crippen LogP contribution in [0.5, 0.6) is 0 Å². The lowest BCUT2D eigenvalue weighted by Crippen LogP contribution is -2.34. The van der Waals surface area contributed by atoms with E-state index in [1.165, 1.54) is 5.57 Å². The van der Waals surface area contributed by atoms with Crippen LogP contribution < -0.4 is 0 Å². The van der Waals surface area contributed by atoms with Crippen molar-refractivity contribution in [1.29, 1.82) is 0 Å². The molecule has 3 heteroatoms. The minimum atomic E-state index is -1.58. The second kappa shape index (κ2) is 6.19. The summed E-state index contributed by atoms with van der Waals surface area (Å²) in [7, 11) is -1.58. The molecule has 0 saturated carbocycles. The Morgan fingerprint density at radius 2 is 1.95 bits per heavy atom. The van der Waals surface area contributed by atoms with Gasteiger partial charge in [-0.25, -0.2) is 0 Å². The van der Waals surface area contributed by atoms with Crippen LogP contribution in [0.15, 0.2) is 35.1 Å². The van der Waals surface area contributed by atoms with Crippen LogP contribution in [-0.4, -0.2) is 14.1 Å². The van der Waals surface area contributed by atoms with Gasteiger partial charge in [-0.15, -0.1) is 0 Å². The van der Waals surface area contributed by atoms with Crippen LogP contribution in [0.3, 0.4) is 0 Å². The van der Waals surface area contributed by atoms with E-state index in [0.717, 1.165) is 36.2 Å². The highest BCUT2D eigenvalue weighted by Gasteiger charge is 2.42. The summed E-state index contributed by atoms with van der Waals surface area (Å²) in [4.78, 5) is 12.8. The highest BCUT2D eigenvalue weighted by Crippen LogP contribution is 2.46. The fourth-order valence-corrected chi connectivity index (χ4v) is 4.83. The summed E-state index contributed by atoms with van der Waals surface area (Å²) < 4.78 is 6.26. The summed E-state index contributed by atoms with van der Waals surface area (Å²) in [6.45, 7) is 17.0. The fraction of sp³-hybridized carbons (Fsp3) is 0.632. The largest absolute Gasteiger partial charge is 0.547 e. The molecule has 0 N–H and O–H groups in total. The molecule has 0 spiro atoms. The van der Waals surface area contributed by atoms with E-state index in [1.807, 2.05) is 6.92 Å². The average Bonchev–Trinajstić information content (AvgIpc) is 2.72. The normalized spacial score (nSPS) is 29.6. The van der Waals surface area contributed by atoms with Crippen LogP contribution in [0.1, 0.15) is 40.0 Å². The summed E-state index contributed by atoms with van der Waals surface area (Å²) in [5.74, 6) is 2.14. The smallest absolute Gasteiger partial charge is 0.241 e. The first kappa shape index (κ1) is 17.3. The molecular formula is C19H30O2Si. The Kier molecular flexibility index (Phi) is 4.86. The molecule has 0 aromatic carbocycles. The lowest BCUT2D eigenvalue weighted by atomic mass is 9.68. The van der Waals surface area contributed by atoms with E-state index in [4.69, 9.17) is 4.43 Å². The third-order valence-corrected chi connectivity index (χ3v) is 5.84. The molecule has 0 radical (unpaired) electrons. The summed E-state index contributed by atoms with van der Waals surface area (Å²) in [5.41, 5.74) is 3.37. The molecule has 0 bridgehead atoms. The van der Waals surface area contributed by atoms with Gasteiger partial charge in [0.05, 0.1) is 5.76 Å². The van der Waals surface area contributed by atoms with Gasteiger partial charge in [0.15, 0.2) is 5.78 Å². The summed E-state index contributed by atoms with van der Waals surface area (Å²) in [6, 6.07) is 0. The van der Waals surface area contributed by atoms with Crippen LogP contribution in [0.25, 0.3) is 0 Å². The Bertz CT molecular complexity index is 548. The van der Waals surface area contributed by atoms with Gasteiger partial charge >= 0.3 is 0 Å². The lowest BCUT2D eigenvalue weighted by molar-refractivity contribution is -0.122. The summed E-state index contributed by atoms with van der Waals surface area (Å²) in [6.07, 6.45) is 5.06. The first-order valence-corrected chi connectivity index (χ1v) is 11.8. The Morgan fingerprint density at radius 3 is 2.50 bits per heavy atom. The average molecular weight is 319 g/mol. The molecule has 0 aromatic heterocycles. The Labute approximate surface area is 136 Å². The number of carbonyl (C=O) groups is 1. The Balaban J connectivity index is 2.31. The van der Waals surface area contributed by atoms with Crippen molar-refractivity contribution in [2.45, 2.75) is 59.7 Å². The van der Waals surface area contributed by atoms with E-state index < -0.39 is 8.32 Å². The van der Waals surface area contributed by atoms with Gasteiger partial charge in [-0.2, -0.15) is 0 Å². The highest BCUT2D eigenvalue weighted by atomic mass is 28.4. The first-order chi connectivity index (χ1) is 10.1. The lowest BCUT2D eigenvalue weighted by Gasteiger charge is -2.34. The first-order valence-electron chi connectivity index (χ1n) is 8.37. The van der Waals surface area contributed by atoms with Crippen molar-refractivity contribution in [2.75, 3.05) is 0 Å². The van der Waals surface area contributed by atoms with Crippen LogP contribution in [0, 0.1) is 17.8 Å². The van der Waals surface area contributed by atoms with Gasteiger partial charge in [0.2, 0.25) is 8.32 Å². The Hall–Kier alpha value is -1.09. The van der Waals surface area contributed by atoms with Gasteiger partial charge in [0, 0.05) is 12.3 Å². The molecule has 0 aliphatic heterocycles. The van der Waals surface area contributed by atoms with E-state index in [1.54, 1.807) is 0 Å². The van der Waals surface area contributed by atoms with E-state index >= 15 is 0 Å². The molecule has 0 unspecified atom stereocenters. The van der Waals surface area contributed by atoms with E-state index in [2.05, 4.69) is 46.1 Å². The zero-order valence-corrected chi connectivity index (χ0v) is 16.0. The minimum absolute atomic E-state index is 0.0604. The maximum Gasteiger partial charge on any atom is 0.241 e. The summed E-state index contributed by atoms with van der Waals surface area (Å²) >= 11 is 0. The van der Waals surface area contributed by atoms with Crippen LogP contribution >= 0.6 is 0 Å². The second-order valence-electron chi connectivity index (χ2n) is 7.93. The third kappa shape index (κ3) is 3.45. The van der Waals surface area contributed by atoms with Gasteiger partial charge in [-0.1, -0.05) is 18.2 Å². The van der Waals surface area contributed by atoms with E-state index in [9.17, 15) is 4.79 Å². The van der Waals surface area contributed by atoms with Crippen LogP contribution in [-0.2, 0) is 9.22 Å². The maximum absolute atomic E-state index is 12.8. The quantitative estimate of drug-likeness (QED) is 0.523. The molecule has 3 atom stereocenters. The van der Waals surface area contributed by atoms with Crippen molar-refractivity contribution >= 4 is 14.1 Å². The molecule has 0 fully saturated rings. The molecule has 2 nitrogen and oxygen atoms in total. The summed E-state index contributed by atoms with van der Waals surface area (Å²) in [5, 5.41) is 0. The molecule has 0 saturated heterocycles. The standard InChI is InChI=1S/C19H30O2Si/c1-12(2)15-9-8-13(3)19(20)18(15)16-10-11-17(14(16)4)21-22(5,6)7/h8,15-16,18H,1,9-11H2,2-7H3/t15-,16-,18+/m1/s1. The fourth-order valence-electron chi connectivity index (χ4n) is 3.82. The van der Waals surface area contributed by atoms with Crippen LogP contribution in [0.2, 0.25) is 19.6 Å². The van der Waals surface area contributed by atoms with Crippen molar-refractivity contribution < 1.29 is 9.22 Å². The minimum Gasteiger partial charge on any atom is -0.547 e. The van der Waals surface area contributed by atoms with Crippen molar-refractivity contribution in [1.82, 2.24) is 0 Å². The monoisotopic (exact) mass is 318 g/mol. The van der Waals surface area contributed by atoms with Gasteiger partial charge in [0.1, 0.15) is 0 Å². The number of hydrogen-bond donors (Lipinski definition) is 0. The molecule has 2 aliphatic carbocycles. The molecule has 0 amide bonds. The highest BCUT2D eigenvalue weighted by molar-refractivity contribution is 6.70. The molecule has 122 valence electrons. The number of ketones is 1. The number of rotatable bonds is 4. The third-order valence-electron chi connectivity index (χ3n) is 4.98. The van der Waals surface area contributed by atoms with Crippen molar-refractivity contribution in [3.8, 4) is 0 Å². The molecule has 2 rings (SSSR count). The Morgan fingerprint density at radius 1 is 1.32 bits per heavy atom. The van der Waals surface area contributed by atoms with Crippen molar-refractivity contribution in [3.63, 3.8) is 0 Å². The number of hydrogen-bond acceptors (Lipinski definition) is 2. The van der Waals surface area contributed by atoms with Crippen molar-refractivity contribution in [2.24, 2.45) is 17.8 Å². The van der Waals surface area contributed by atoms with Gasteiger partial charge in [-0.3, -0.25) is 4.79 Å². The zero-order chi connectivity index (χ0) is 16.7. The predicted octanol–water partition coefficient (Wildman–Crippen LogP) is 5.25. The van der Waals surface area contributed by atoms with Gasteiger partial charge < -0.3 is 4.43 Å². The molecule has 0 heterocycles. The van der Waals surface area contributed by atoms with Crippen LogP contribution in [0.4, 0.5) is 0 Å². The molecular weight excluding hydrogens is 288 g/mol. The van der Waals surface area contributed by atoms with E-state index in [0.29, 0.717) is 11.7 Å². The maximum atomic E-state index is 12.8. The topological polar surface area (TPSA) is 26.3 Å². The predicted molar refractivity (Wildman–Crippen MR) is 95.0 cm³/mol. The van der Waals surface area contributed by atoms with Gasteiger partial charge in [-0.05, 0) is 76.2 Å². The van der Waals surface area contributed by atoms with Gasteiger partial charge in [0.25, 0.3) is 0 Å². The second-order valence-corrected chi connectivity index (χ2v) is 12.4. The zero-order valence-electron chi connectivity index (χ0n) is 15.0. The van der Waals surface area contributed by atoms with E-state index in [-0.39, 0.29) is 11.8 Å². The van der Waals surface area contributed by atoms with Crippen molar-refractivity contribution in [3.05, 3.63) is 35.1 Å². The molecule has 2 aliphatic rings. The molecule has 22 heavy (non-hydrogen) atoms.